The maximum Gasteiger partial charge on any atom is 0.213 e. The van der Waals surface area contributed by atoms with Gasteiger partial charge in [-0.25, -0.2) is 0 Å². The molecule has 0 rings (SSSR count). The zero-order valence-electron chi connectivity index (χ0n) is 2.25. The van der Waals surface area contributed by atoms with Crippen molar-refractivity contribution in [1.29, 1.82) is 0 Å². The van der Waals surface area contributed by atoms with Crippen molar-refractivity contribution in [2.24, 2.45) is 5.34 Å². The van der Waals surface area contributed by atoms with Crippen molar-refractivity contribution in [3.05, 3.63) is 10.1 Å². The summed E-state index contributed by atoms with van der Waals surface area (Å²) in [5, 5.41) is 10.6. The van der Waals surface area contributed by atoms with Crippen LogP contribution in [0.15, 0.2) is 5.34 Å². The molecular formula is H2N2O3. The third kappa shape index (κ3) is 3.32. The Morgan fingerprint density at radius 2 is 2.60 bits per heavy atom. The van der Waals surface area contributed by atoms with Crippen molar-refractivity contribution in [1.82, 2.24) is 0 Å². The van der Waals surface area contributed by atoms with Crippen LogP contribution < -0.4 is 5.64 Å². The molecule has 0 aliphatic carbocycles. The summed E-state index contributed by atoms with van der Waals surface area (Å²) in [5.41, 5.74) is -0.0486. The molecule has 5 heavy (non-hydrogen) atoms. The van der Waals surface area contributed by atoms with Crippen LogP contribution in [0.4, 0.5) is 0 Å². The van der Waals surface area contributed by atoms with E-state index in [1.807, 2.05) is 0 Å². The normalized spacial score (nSPS) is 6.60. The van der Waals surface area contributed by atoms with Gasteiger partial charge in [0.15, 0.2) is 0 Å². The molecule has 0 radical (unpaired) electrons. The van der Waals surface area contributed by atoms with Crippen molar-refractivity contribution >= 4 is 0 Å². The van der Waals surface area contributed by atoms with Crippen molar-refractivity contribution in [2.75, 3.05) is 0 Å². The monoisotopic (exact) mass is 78.0 g/mol. The lowest BCUT2D eigenvalue weighted by Crippen LogP contribution is -2.74. The van der Waals surface area contributed by atoms with Crippen LogP contribution in [0.25, 0.3) is 0 Å². The molecule has 0 atom stereocenters. The van der Waals surface area contributed by atoms with Gasteiger partial charge in [-0.05, 0) is 0 Å². The molecule has 0 aromatic rings. The molecule has 0 heterocycles. The molecule has 0 unspecified atom stereocenters. The average molecular weight is 78.0 g/mol. The van der Waals surface area contributed by atoms with E-state index in [4.69, 9.17) is 10.1 Å². The first kappa shape index (κ1) is 4.32. The molecule has 0 aromatic carbocycles. The van der Waals surface area contributed by atoms with Gasteiger partial charge in [-0.15, -0.1) is 4.91 Å². The molecule has 0 amide bonds. The van der Waals surface area contributed by atoms with E-state index in [2.05, 4.69) is 4.94 Å². The molecule has 0 saturated carbocycles. The van der Waals surface area contributed by atoms with Gasteiger partial charge in [0.25, 0.3) is 0 Å². The van der Waals surface area contributed by atoms with E-state index >= 15 is 0 Å². The molecule has 0 aromatic heterocycles. The van der Waals surface area contributed by atoms with Crippen LogP contribution in [-0.2, 0) is 4.94 Å². The zero-order chi connectivity index (χ0) is 4.12. The number of rotatable bonds is 2. The fraction of sp³-hybridized carbons (Fsp3) is 0. The maximum absolute atomic E-state index is 8.89. The summed E-state index contributed by atoms with van der Waals surface area (Å²) in [6, 6.07) is 0. The molecule has 0 bridgehead atoms. The number of nitrogens with two attached hydrogens (primary N) is 1. The Bertz CT molecular complexity index is 26.1. The van der Waals surface area contributed by atoms with E-state index < -0.39 is 0 Å². The van der Waals surface area contributed by atoms with Crippen LogP contribution in [0.5, 0.6) is 0 Å². The largest absolute Gasteiger partial charge is 0.590 e. The van der Waals surface area contributed by atoms with Gasteiger partial charge in [-0.2, -0.15) is 10.6 Å². The molecule has 30 valence electrons. The van der Waals surface area contributed by atoms with E-state index in [1.165, 1.54) is 0 Å². The summed E-state index contributed by atoms with van der Waals surface area (Å²) in [6.45, 7) is 0. The fourth-order valence-electron chi connectivity index (χ4n) is 0.0176. The Morgan fingerprint density at radius 3 is 2.60 bits per heavy atom. The van der Waals surface area contributed by atoms with Crippen molar-refractivity contribution in [3.8, 4) is 0 Å². The molecule has 0 fully saturated rings. The third-order valence-electron chi connectivity index (χ3n) is 0.0861. The van der Waals surface area contributed by atoms with Crippen molar-refractivity contribution in [3.63, 3.8) is 0 Å². The van der Waals surface area contributed by atoms with Gasteiger partial charge in [-0.3, -0.25) is 0 Å². The van der Waals surface area contributed by atoms with Gasteiger partial charge < -0.3 is 5.21 Å². The molecule has 2 N–H and O–H groups in total. The van der Waals surface area contributed by atoms with E-state index in [-0.39, 0.29) is 5.64 Å². The summed E-state index contributed by atoms with van der Waals surface area (Å²) < 4.78 is 0. The quantitative estimate of drug-likeness (QED) is 0.328. The Hall–Kier alpha value is -0.680. The Labute approximate surface area is 27.4 Å². The van der Waals surface area contributed by atoms with Gasteiger partial charge in [0.05, 0.1) is 0 Å². The summed E-state index contributed by atoms with van der Waals surface area (Å²) >= 11 is 0. The lowest BCUT2D eigenvalue weighted by Gasteiger charge is -1.85. The molecular weight excluding hydrogens is 76.0 g/mol. The fourth-order valence-corrected chi connectivity index (χ4v) is 0.0176. The van der Waals surface area contributed by atoms with Crippen LogP contribution in [0.1, 0.15) is 0 Å². The van der Waals surface area contributed by atoms with E-state index in [0.29, 0.717) is 0 Å². The predicted octanol–water partition coefficient (Wildman–Crippen LogP) is -1.34. The Morgan fingerprint density at radius 1 is 2.00 bits per heavy atom. The smallest absolute Gasteiger partial charge is 0.213 e. The number of nitrogens with zero attached hydrogens (tertiary/aromatic N) is 1. The Kier molecular flexibility index (Phi) is 2.87. The molecule has 5 nitrogen and oxygen atoms in total. The minimum absolute atomic E-state index is 0.0486. The lowest BCUT2D eigenvalue weighted by atomic mass is 13.1. The minimum atomic E-state index is -0.0486. The van der Waals surface area contributed by atoms with Crippen LogP contribution in [0.2, 0.25) is 0 Å². The minimum Gasteiger partial charge on any atom is -0.590 e. The first-order chi connectivity index (χ1) is 2.41. The maximum atomic E-state index is 8.89. The average Bonchev–Trinajstić information content (AvgIpc) is 1.41. The highest BCUT2D eigenvalue weighted by Gasteiger charge is 1.57. The van der Waals surface area contributed by atoms with Crippen LogP contribution >= 0.6 is 0 Å². The first-order valence-corrected chi connectivity index (χ1v) is 0.837. The molecule has 5 heteroatoms. The third-order valence-corrected chi connectivity index (χ3v) is 0.0861. The second-order valence-electron chi connectivity index (χ2n) is 0.276. The number of quaternary nitrogens is 1. The molecule has 0 aliphatic rings. The van der Waals surface area contributed by atoms with E-state index in [9.17, 15) is 0 Å². The highest BCUT2D eigenvalue weighted by Crippen LogP contribution is 1.43. The van der Waals surface area contributed by atoms with E-state index in [0.717, 1.165) is 0 Å². The Balaban J connectivity index is 2.40. The highest BCUT2D eigenvalue weighted by molar-refractivity contribution is 3.87. The van der Waals surface area contributed by atoms with Gasteiger partial charge in [-0.1, -0.05) is 0 Å². The second kappa shape index (κ2) is 3.32. The lowest BCUT2D eigenvalue weighted by molar-refractivity contribution is -0.853. The van der Waals surface area contributed by atoms with Gasteiger partial charge in [0.1, 0.15) is 0 Å². The standard InChI is InChI=1S/H2N2O3/c3-1-5-2-4/h1H2. The summed E-state index contributed by atoms with van der Waals surface area (Å²) in [4.78, 5) is 11.9. The van der Waals surface area contributed by atoms with Gasteiger partial charge in [0, 0.05) is 0 Å². The SMILES string of the molecule is O=NO[NH2+][O-]. The molecule has 0 spiro atoms. The summed E-state index contributed by atoms with van der Waals surface area (Å²) in [5.74, 6) is 0. The van der Waals surface area contributed by atoms with Gasteiger partial charge >= 0.3 is 0 Å². The van der Waals surface area contributed by atoms with Gasteiger partial charge in [0.2, 0.25) is 5.34 Å². The highest BCUT2D eigenvalue weighted by atomic mass is 16.9. The topological polar surface area (TPSA) is 78.3 Å². The summed E-state index contributed by atoms with van der Waals surface area (Å²) in [6.07, 6.45) is 0. The number of hydrogen-bond donors (Lipinski definition) is 1. The molecule has 0 saturated heterocycles. The van der Waals surface area contributed by atoms with Crippen molar-refractivity contribution in [2.45, 2.75) is 0 Å². The zero-order valence-corrected chi connectivity index (χ0v) is 2.25. The number of hydrogen-bond acceptors (Lipinski definition) is 4. The predicted molar refractivity (Wildman–Crippen MR) is 12.2 cm³/mol. The van der Waals surface area contributed by atoms with Crippen LogP contribution in [-0.4, -0.2) is 0 Å². The second-order valence-corrected chi connectivity index (χ2v) is 0.276. The summed E-state index contributed by atoms with van der Waals surface area (Å²) in [7, 11) is 0. The van der Waals surface area contributed by atoms with Crippen LogP contribution in [0.3, 0.4) is 0 Å². The first-order valence-electron chi connectivity index (χ1n) is 0.837. The van der Waals surface area contributed by atoms with Crippen LogP contribution in [0, 0.1) is 10.1 Å². The van der Waals surface area contributed by atoms with Crippen molar-refractivity contribution < 1.29 is 10.6 Å². The molecule has 0 aliphatic heterocycles. The van der Waals surface area contributed by atoms with E-state index in [1.54, 1.807) is 5.34 Å².